The summed E-state index contributed by atoms with van der Waals surface area (Å²) >= 11 is 6.34. The highest BCUT2D eigenvalue weighted by molar-refractivity contribution is 7.90. The molecule has 5 aromatic rings. The fourth-order valence-electron chi connectivity index (χ4n) is 10.6. The first-order valence-corrected chi connectivity index (χ1v) is 25.5. The number of halogens is 1. The number of aromatic nitrogens is 2. The number of carbonyl (C=O) groups excluding carboxylic acids is 1. The molecule has 2 aromatic heterocycles. The minimum atomic E-state index is -4.57. The molecule has 1 aliphatic carbocycles. The van der Waals surface area contributed by atoms with E-state index in [1.54, 1.807) is 30.6 Å². The van der Waals surface area contributed by atoms with Crippen molar-refractivity contribution in [3.8, 4) is 11.5 Å². The Kier molecular flexibility index (Phi) is 13.4. The van der Waals surface area contributed by atoms with Crippen LogP contribution in [0.4, 0.5) is 17.1 Å². The molecule has 68 heavy (non-hydrogen) atoms. The van der Waals surface area contributed by atoms with Crippen LogP contribution in [0.25, 0.3) is 16.6 Å². The number of carbonyl (C=O) groups is 1. The number of morpholine rings is 1. The molecule has 1 unspecified atom stereocenters. The topological polar surface area (TPSA) is 175 Å². The van der Waals surface area contributed by atoms with Crippen LogP contribution in [0, 0.1) is 26.4 Å². The number of nitro groups is 1. The van der Waals surface area contributed by atoms with Crippen LogP contribution < -0.4 is 19.7 Å². The lowest BCUT2D eigenvalue weighted by Crippen LogP contribution is -2.66. The van der Waals surface area contributed by atoms with Crippen LogP contribution in [0.3, 0.4) is 0 Å². The molecule has 5 heterocycles. The zero-order chi connectivity index (χ0) is 47.8. The number of piperidine rings is 1. The second kappa shape index (κ2) is 19.1. The third kappa shape index (κ3) is 9.84. The first-order valence-electron chi connectivity index (χ1n) is 23.6. The molecule has 0 radical (unpaired) electrons. The normalized spacial score (nSPS) is 20.6. The lowest BCUT2D eigenvalue weighted by molar-refractivity contribution is -0.384. The van der Waals surface area contributed by atoms with Gasteiger partial charge in [0, 0.05) is 86.3 Å². The smallest absolute Gasteiger partial charge is 0.293 e. The van der Waals surface area contributed by atoms with Crippen LogP contribution >= 0.6 is 11.6 Å². The number of nitrogens with one attached hydrogen (secondary N) is 3. The summed E-state index contributed by atoms with van der Waals surface area (Å²) in [4.78, 5) is 39.9. The lowest BCUT2D eigenvalue weighted by Gasteiger charge is -2.61. The molecule has 3 N–H and O–H groups in total. The van der Waals surface area contributed by atoms with E-state index < -0.39 is 31.4 Å². The van der Waals surface area contributed by atoms with Gasteiger partial charge in [0.15, 0.2) is 0 Å². The first kappa shape index (κ1) is 47.5. The molecule has 3 saturated heterocycles. The van der Waals surface area contributed by atoms with Crippen molar-refractivity contribution in [2.75, 3.05) is 75.8 Å². The summed E-state index contributed by atoms with van der Waals surface area (Å²) in [5.41, 5.74) is 4.17. The van der Waals surface area contributed by atoms with E-state index in [1.807, 2.05) is 24.3 Å². The average Bonchev–Trinajstić information content (AvgIpc) is 3.75. The highest BCUT2D eigenvalue weighted by atomic mass is 35.5. The van der Waals surface area contributed by atoms with Crippen molar-refractivity contribution < 1.29 is 27.6 Å². The monoisotopic (exact) mass is 964 g/mol. The number of nitro benzene ring substituents is 1. The molecular weight excluding hydrogens is 904 g/mol. The van der Waals surface area contributed by atoms with Gasteiger partial charge >= 0.3 is 0 Å². The summed E-state index contributed by atoms with van der Waals surface area (Å²) in [5.74, 6) is -0.443. The number of anilines is 2. The number of H-pyrrole nitrogens is 1. The van der Waals surface area contributed by atoms with E-state index in [1.165, 1.54) is 23.3 Å². The number of aromatic amines is 1. The maximum Gasteiger partial charge on any atom is 0.293 e. The van der Waals surface area contributed by atoms with E-state index in [2.05, 4.69) is 80.6 Å². The second-order valence-electron chi connectivity index (χ2n) is 20.1. The molecule has 1 atom stereocenters. The first-order chi connectivity index (χ1) is 32.5. The quantitative estimate of drug-likeness (QED) is 0.0547. The van der Waals surface area contributed by atoms with Gasteiger partial charge in [-0.15, -0.1) is 0 Å². The second-order valence-corrected chi connectivity index (χ2v) is 22.2. The molecule has 9 rings (SSSR count). The van der Waals surface area contributed by atoms with E-state index >= 15 is 0 Å². The van der Waals surface area contributed by atoms with Gasteiger partial charge < -0.3 is 24.7 Å². The van der Waals surface area contributed by atoms with Crippen molar-refractivity contribution in [1.82, 2.24) is 24.5 Å². The molecule has 0 bridgehead atoms. The summed E-state index contributed by atoms with van der Waals surface area (Å²) in [5, 5.41) is 16.8. The third-order valence-corrected chi connectivity index (χ3v) is 16.8. The number of nitrogens with zero attached hydrogens (tertiary/aromatic N) is 5. The van der Waals surface area contributed by atoms with Crippen LogP contribution in [0.1, 0.15) is 75.7 Å². The molecule has 3 fully saturated rings. The minimum absolute atomic E-state index is 0.00545. The predicted octanol–water partition coefficient (Wildman–Crippen LogP) is 9.37. The number of hydrogen-bond acceptors (Lipinski definition) is 12. The SMILES string of the molecule is CC1(C)CCC=C(c2ccc(Cl)cc2)C(N2CC3(CCN(c4ccc(C(=O)NS(=O)(=O)c5ccc(NCCCN6CCOCC6)c([N+](=O)[O-])c5)c(Oc5cnc6[nH]ccc6c5)c4)CC3)C2)C1(C)C. The fourth-order valence-corrected chi connectivity index (χ4v) is 11.7. The zero-order valence-electron chi connectivity index (χ0n) is 39.2. The van der Waals surface area contributed by atoms with Crippen LogP contribution in [-0.4, -0.2) is 111 Å². The Labute approximate surface area is 403 Å². The molecule has 360 valence electrons. The van der Waals surface area contributed by atoms with E-state index in [-0.39, 0.29) is 39.3 Å². The van der Waals surface area contributed by atoms with Crippen LogP contribution in [-0.2, 0) is 14.8 Å². The minimum Gasteiger partial charge on any atom is -0.455 e. The van der Waals surface area contributed by atoms with E-state index in [4.69, 9.17) is 21.1 Å². The van der Waals surface area contributed by atoms with Gasteiger partial charge in [-0.05, 0) is 115 Å². The highest BCUT2D eigenvalue weighted by Gasteiger charge is 2.54. The van der Waals surface area contributed by atoms with Gasteiger partial charge in [0.05, 0.1) is 34.8 Å². The molecule has 1 amide bonds. The Morgan fingerprint density at radius 2 is 1.72 bits per heavy atom. The number of pyridine rings is 1. The number of hydrogen-bond donors (Lipinski definition) is 3. The van der Waals surface area contributed by atoms with Crippen molar-refractivity contribution >= 4 is 61.2 Å². The average molecular weight is 966 g/mol. The predicted molar refractivity (Wildman–Crippen MR) is 266 cm³/mol. The number of sulfonamides is 1. The standard InChI is InChI=1S/C51H61ClN8O7S/c1-49(2)17-5-7-41(35-8-10-37(52)11-9-35)46(50(49,3)4)59-33-51(34-59)18-23-58(24-19-51)38-12-14-42(45(30-38)67-39-29-36-16-21-54-47(36)55-32-39)48(61)56-68(64,65)40-13-15-43(44(31-40)60(62)63)53-20-6-22-57-25-27-66-28-26-57/h7-16,21,29-32,46,53H,5-6,17-20,22-28,33-34H2,1-4H3,(H,54,55)(H,56,61). The molecule has 15 nitrogen and oxygen atoms in total. The Balaban J connectivity index is 0.908. The van der Waals surface area contributed by atoms with Crippen LogP contribution in [0.5, 0.6) is 11.5 Å². The van der Waals surface area contributed by atoms with E-state index in [0.29, 0.717) is 31.2 Å². The Morgan fingerprint density at radius 3 is 2.46 bits per heavy atom. The molecular formula is C51H61ClN8O7S. The van der Waals surface area contributed by atoms with Crippen molar-refractivity contribution in [2.24, 2.45) is 16.2 Å². The number of amides is 1. The molecule has 17 heteroatoms. The number of benzene rings is 3. The fraction of sp³-hybridized carbons (Fsp3) is 0.451. The lowest BCUT2D eigenvalue weighted by atomic mass is 9.59. The van der Waals surface area contributed by atoms with Gasteiger partial charge in [0.2, 0.25) is 0 Å². The van der Waals surface area contributed by atoms with Crippen molar-refractivity contribution in [3.05, 3.63) is 118 Å². The molecule has 0 saturated carbocycles. The summed E-state index contributed by atoms with van der Waals surface area (Å²) in [6, 6.07) is 20.9. The maximum atomic E-state index is 14.0. The maximum absolute atomic E-state index is 14.0. The number of ether oxygens (including phenoxy) is 2. The van der Waals surface area contributed by atoms with Crippen LogP contribution in [0.15, 0.2) is 96.2 Å². The summed E-state index contributed by atoms with van der Waals surface area (Å²) in [7, 11) is -4.57. The molecule has 1 spiro atoms. The summed E-state index contributed by atoms with van der Waals surface area (Å²) in [6.07, 6.45) is 10.6. The molecule has 4 aliphatic rings. The largest absolute Gasteiger partial charge is 0.455 e. The van der Waals surface area contributed by atoms with Crippen molar-refractivity contribution in [1.29, 1.82) is 0 Å². The number of rotatable bonds is 14. The van der Waals surface area contributed by atoms with Gasteiger partial charge in [-0.3, -0.25) is 24.7 Å². The molecule has 3 aromatic carbocycles. The molecule has 3 aliphatic heterocycles. The number of likely N-dealkylation sites (tertiary alicyclic amines) is 1. The zero-order valence-corrected chi connectivity index (χ0v) is 40.8. The van der Waals surface area contributed by atoms with Gasteiger partial charge in [0.1, 0.15) is 22.8 Å². The van der Waals surface area contributed by atoms with Gasteiger partial charge in [0.25, 0.3) is 21.6 Å². The van der Waals surface area contributed by atoms with Crippen molar-refractivity contribution in [3.63, 3.8) is 0 Å². The van der Waals surface area contributed by atoms with Gasteiger partial charge in [-0.1, -0.05) is 57.5 Å². The summed E-state index contributed by atoms with van der Waals surface area (Å²) < 4.78 is 41.5. The van der Waals surface area contributed by atoms with E-state index in [0.717, 1.165) is 100 Å². The number of fused-ring (bicyclic) bond motifs is 1. The third-order valence-electron chi connectivity index (χ3n) is 15.3. The number of allylic oxidation sites excluding steroid dienone is 1. The van der Waals surface area contributed by atoms with Crippen LogP contribution in [0.2, 0.25) is 5.02 Å². The Hall–Kier alpha value is -5.52. The Bertz CT molecular complexity index is 2810. The van der Waals surface area contributed by atoms with Gasteiger partial charge in [-0.2, -0.15) is 0 Å². The van der Waals surface area contributed by atoms with Crippen molar-refractivity contribution in [2.45, 2.75) is 70.7 Å². The highest BCUT2D eigenvalue weighted by Crippen LogP contribution is 2.55. The van der Waals surface area contributed by atoms with Gasteiger partial charge in [-0.25, -0.2) is 18.1 Å². The summed E-state index contributed by atoms with van der Waals surface area (Å²) in [6.45, 7) is 17.6. The Morgan fingerprint density at radius 1 is 0.971 bits per heavy atom. The van der Waals surface area contributed by atoms with E-state index in [9.17, 15) is 23.3 Å².